The van der Waals surface area contributed by atoms with Crippen LogP contribution in [0.4, 0.5) is 0 Å². The Hall–Kier alpha value is -1.15. The zero-order valence-electron chi connectivity index (χ0n) is 10.4. The number of halogens is 1. The molecular formula is C12H14ClNO5S. The van der Waals surface area contributed by atoms with Gasteiger partial charge in [0.05, 0.1) is 21.6 Å². The number of carboxylic acid groups (broad SMARTS) is 1. The molecule has 1 aliphatic carbocycles. The Kier molecular flexibility index (Phi) is 4.33. The first-order chi connectivity index (χ1) is 9.31. The minimum atomic E-state index is -3.81. The molecule has 1 aliphatic rings. The van der Waals surface area contributed by atoms with Gasteiger partial charge < -0.3 is 10.2 Å². The van der Waals surface area contributed by atoms with E-state index in [1.54, 1.807) is 0 Å². The van der Waals surface area contributed by atoms with Crippen molar-refractivity contribution in [1.29, 1.82) is 0 Å². The van der Waals surface area contributed by atoms with Gasteiger partial charge in [-0.2, -0.15) is 0 Å². The molecule has 1 saturated carbocycles. The SMILES string of the molecule is O=C(O)c1ccc(S(=O)(=O)NCC(O)C2CC2)cc1Cl. The van der Waals surface area contributed by atoms with Crippen LogP contribution in [0.3, 0.4) is 0 Å². The smallest absolute Gasteiger partial charge is 0.337 e. The molecule has 1 aromatic carbocycles. The molecule has 3 N–H and O–H groups in total. The van der Waals surface area contributed by atoms with Gasteiger partial charge in [0.1, 0.15) is 0 Å². The third-order valence-corrected chi connectivity index (χ3v) is 4.86. The molecule has 0 aliphatic heterocycles. The lowest BCUT2D eigenvalue weighted by Gasteiger charge is -2.11. The van der Waals surface area contributed by atoms with Gasteiger partial charge in [-0.3, -0.25) is 0 Å². The Bertz CT molecular complexity index is 627. The highest BCUT2D eigenvalue weighted by Crippen LogP contribution is 2.32. The zero-order valence-corrected chi connectivity index (χ0v) is 12.0. The first-order valence-corrected chi connectivity index (χ1v) is 7.88. The van der Waals surface area contributed by atoms with Crippen molar-refractivity contribution >= 4 is 27.6 Å². The molecule has 0 bridgehead atoms. The van der Waals surface area contributed by atoms with Gasteiger partial charge in [-0.15, -0.1) is 0 Å². The van der Waals surface area contributed by atoms with Crippen LogP contribution in [0.2, 0.25) is 5.02 Å². The Morgan fingerprint density at radius 2 is 2.10 bits per heavy atom. The Labute approximate surface area is 121 Å². The molecule has 6 nitrogen and oxygen atoms in total. The van der Waals surface area contributed by atoms with Crippen molar-refractivity contribution in [2.75, 3.05) is 6.54 Å². The van der Waals surface area contributed by atoms with Crippen molar-refractivity contribution in [2.45, 2.75) is 23.8 Å². The molecule has 8 heteroatoms. The fraction of sp³-hybridized carbons (Fsp3) is 0.417. The van der Waals surface area contributed by atoms with E-state index >= 15 is 0 Å². The van der Waals surface area contributed by atoms with Gasteiger partial charge in [0.15, 0.2) is 0 Å². The molecule has 0 heterocycles. The monoisotopic (exact) mass is 319 g/mol. The number of hydrogen-bond acceptors (Lipinski definition) is 4. The molecule has 0 amide bonds. The van der Waals surface area contributed by atoms with Gasteiger partial charge in [-0.05, 0) is 37.0 Å². The second-order valence-corrected chi connectivity index (χ2v) is 6.88. The highest BCUT2D eigenvalue weighted by Gasteiger charge is 2.30. The number of aliphatic hydroxyl groups is 1. The first-order valence-electron chi connectivity index (χ1n) is 6.02. The van der Waals surface area contributed by atoms with Gasteiger partial charge >= 0.3 is 5.97 Å². The highest BCUT2D eigenvalue weighted by molar-refractivity contribution is 7.89. The Morgan fingerprint density at radius 3 is 2.60 bits per heavy atom. The van der Waals surface area contributed by atoms with Crippen LogP contribution >= 0.6 is 11.6 Å². The Balaban J connectivity index is 2.12. The third-order valence-electron chi connectivity index (χ3n) is 3.13. The lowest BCUT2D eigenvalue weighted by atomic mass is 10.2. The molecule has 1 unspecified atom stereocenters. The van der Waals surface area contributed by atoms with Crippen LogP contribution in [0, 0.1) is 5.92 Å². The maximum Gasteiger partial charge on any atom is 0.337 e. The zero-order chi connectivity index (χ0) is 14.9. The van der Waals surface area contributed by atoms with Crippen LogP contribution in [0.25, 0.3) is 0 Å². The van der Waals surface area contributed by atoms with Gasteiger partial charge in [0.2, 0.25) is 10.0 Å². The molecule has 0 radical (unpaired) electrons. The topological polar surface area (TPSA) is 104 Å². The number of benzene rings is 1. The predicted molar refractivity (Wildman–Crippen MR) is 72.3 cm³/mol. The van der Waals surface area contributed by atoms with Crippen LogP contribution in [-0.2, 0) is 10.0 Å². The van der Waals surface area contributed by atoms with Crippen molar-refractivity contribution in [1.82, 2.24) is 4.72 Å². The van der Waals surface area contributed by atoms with Crippen molar-refractivity contribution in [3.63, 3.8) is 0 Å². The van der Waals surface area contributed by atoms with E-state index in [2.05, 4.69) is 4.72 Å². The molecule has 2 rings (SSSR count). The van der Waals surface area contributed by atoms with Gasteiger partial charge in [0, 0.05) is 6.54 Å². The van der Waals surface area contributed by atoms with E-state index in [9.17, 15) is 18.3 Å². The van der Waals surface area contributed by atoms with E-state index < -0.39 is 22.1 Å². The lowest BCUT2D eigenvalue weighted by Crippen LogP contribution is -2.33. The number of aliphatic hydroxyl groups excluding tert-OH is 1. The summed E-state index contributed by atoms with van der Waals surface area (Å²) in [6, 6.07) is 3.38. The number of carbonyl (C=O) groups is 1. The molecule has 0 spiro atoms. The maximum atomic E-state index is 12.0. The minimum absolute atomic E-state index is 0.0642. The van der Waals surface area contributed by atoms with E-state index in [0.29, 0.717) is 0 Å². The van der Waals surface area contributed by atoms with Crippen LogP contribution < -0.4 is 4.72 Å². The summed E-state index contributed by atoms with van der Waals surface area (Å²) in [7, 11) is -3.81. The summed E-state index contributed by atoms with van der Waals surface area (Å²) in [5.41, 5.74) is -0.163. The number of hydrogen-bond donors (Lipinski definition) is 3. The van der Waals surface area contributed by atoms with E-state index in [0.717, 1.165) is 25.0 Å². The fourth-order valence-corrected chi connectivity index (χ4v) is 3.17. The normalized spacial score (nSPS) is 16.9. The maximum absolute atomic E-state index is 12.0. The summed E-state index contributed by atoms with van der Waals surface area (Å²) in [5.74, 6) is -1.06. The number of sulfonamides is 1. The number of carboxylic acids is 1. The third kappa shape index (κ3) is 3.49. The van der Waals surface area contributed by atoms with Crippen LogP contribution in [0.1, 0.15) is 23.2 Å². The summed E-state index contributed by atoms with van der Waals surface area (Å²) in [5, 5.41) is 18.3. The van der Waals surface area contributed by atoms with E-state index in [4.69, 9.17) is 16.7 Å². The van der Waals surface area contributed by atoms with Crippen molar-refractivity contribution in [3.05, 3.63) is 28.8 Å². The fourth-order valence-electron chi connectivity index (χ4n) is 1.76. The van der Waals surface area contributed by atoms with Gasteiger partial charge in [-0.1, -0.05) is 11.6 Å². The second kappa shape index (κ2) is 5.69. The second-order valence-electron chi connectivity index (χ2n) is 4.70. The number of rotatable bonds is 6. The number of aromatic carboxylic acids is 1. The quantitative estimate of drug-likeness (QED) is 0.728. The van der Waals surface area contributed by atoms with E-state index in [1.807, 2.05) is 0 Å². The summed E-state index contributed by atoms with van der Waals surface area (Å²) >= 11 is 5.73. The molecular weight excluding hydrogens is 306 g/mol. The molecule has 20 heavy (non-hydrogen) atoms. The van der Waals surface area contributed by atoms with Crippen molar-refractivity contribution in [2.24, 2.45) is 5.92 Å². The molecule has 0 saturated heterocycles. The van der Waals surface area contributed by atoms with Crippen molar-refractivity contribution < 1.29 is 23.4 Å². The lowest BCUT2D eigenvalue weighted by molar-refractivity contribution is 0.0697. The molecule has 1 aromatic rings. The minimum Gasteiger partial charge on any atom is -0.478 e. The van der Waals surface area contributed by atoms with Crippen molar-refractivity contribution in [3.8, 4) is 0 Å². The van der Waals surface area contributed by atoms with Crippen LogP contribution in [-0.4, -0.2) is 37.2 Å². The largest absolute Gasteiger partial charge is 0.478 e. The van der Waals surface area contributed by atoms with E-state index in [-0.39, 0.29) is 27.9 Å². The molecule has 110 valence electrons. The average Bonchev–Trinajstić information content (AvgIpc) is 3.19. The summed E-state index contributed by atoms with van der Waals surface area (Å²) in [6.45, 7) is -0.0642. The van der Waals surface area contributed by atoms with Crippen LogP contribution in [0.15, 0.2) is 23.1 Å². The van der Waals surface area contributed by atoms with E-state index in [1.165, 1.54) is 6.07 Å². The predicted octanol–water partition coefficient (Wildman–Crippen LogP) is 1.09. The highest BCUT2D eigenvalue weighted by atomic mass is 35.5. The molecule has 1 fully saturated rings. The summed E-state index contributed by atoms with van der Waals surface area (Å²) in [6.07, 6.45) is 1.11. The molecule has 1 atom stereocenters. The molecule has 0 aromatic heterocycles. The summed E-state index contributed by atoms with van der Waals surface area (Å²) in [4.78, 5) is 10.7. The first kappa shape index (κ1) is 15.2. The van der Waals surface area contributed by atoms with Gasteiger partial charge in [0.25, 0.3) is 0 Å². The van der Waals surface area contributed by atoms with Gasteiger partial charge in [-0.25, -0.2) is 17.9 Å². The number of nitrogens with one attached hydrogen (secondary N) is 1. The summed E-state index contributed by atoms with van der Waals surface area (Å²) < 4.78 is 26.3. The standard InChI is InChI=1S/C12H14ClNO5S/c13-10-5-8(3-4-9(10)12(16)17)20(18,19)14-6-11(15)7-1-2-7/h3-5,7,11,14-15H,1-2,6H2,(H,16,17). The van der Waals surface area contributed by atoms with Crippen LogP contribution in [0.5, 0.6) is 0 Å². The Morgan fingerprint density at radius 1 is 1.45 bits per heavy atom. The average molecular weight is 320 g/mol.